The lowest BCUT2D eigenvalue weighted by Crippen LogP contribution is -2.24. The first-order chi connectivity index (χ1) is 11.6. The van der Waals surface area contributed by atoms with Crippen LogP contribution in [0.3, 0.4) is 0 Å². The number of likely N-dealkylation sites (N-methyl/N-ethyl adjacent to an activating group) is 1. The molecule has 0 aromatic heterocycles. The van der Waals surface area contributed by atoms with Crippen LogP contribution < -0.4 is 0 Å². The molecule has 0 atom stereocenters. The Morgan fingerprint density at radius 2 is 1.54 bits per heavy atom. The average Bonchev–Trinajstić information content (AvgIpc) is 2.63. The molecule has 3 heteroatoms. The van der Waals surface area contributed by atoms with E-state index in [1.165, 1.54) is 5.57 Å². The molecule has 24 heavy (non-hydrogen) atoms. The lowest BCUT2D eigenvalue weighted by molar-refractivity contribution is 0.0969. The number of allylic oxidation sites excluding steroid dienone is 6. The van der Waals surface area contributed by atoms with E-state index in [0.29, 0.717) is 12.6 Å². The second-order valence-corrected chi connectivity index (χ2v) is 6.18. The van der Waals surface area contributed by atoms with Crippen LogP contribution in [-0.4, -0.2) is 42.3 Å². The van der Waals surface area contributed by atoms with Gasteiger partial charge in [-0.15, -0.1) is 0 Å². The molecule has 1 aliphatic heterocycles. The van der Waals surface area contributed by atoms with E-state index in [4.69, 9.17) is 0 Å². The molecule has 0 amide bonds. The molecule has 0 spiro atoms. The highest BCUT2D eigenvalue weighted by Crippen LogP contribution is 2.20. The van der Waals surface area contributed by atoms with E-state index >= 15 is 0 Å². The number of hydrogen-bond acceptors (Lipinski definition) is 3. The maximum Gasteiger partial charge on any atom is 0.182 e. The predicted molar refractivity (Wildman–Crippen MR) is 98.5 cm³/mol. The molecule has 2 aliphatic rings. The number of hydrogen-bond donors (Lipinski definition) is 0. The number of carbonyl (C=O) groups is 1. The minimum absolute atomic E-state index is 0.118. The summed E-state index contributed by atoms with van der Waals surface area (Å²) >= 11 is 0. The molecule has 0 fully saturated rings. The third kappa shape index (κ3) is 3.81. The summed E-state index contributed by atoms with van der Waals surface area (Å²) < 4.78 is 0. The lowest BCUT2D eigenvalue weighted by Gasteiger charge is -2.22. The third-order valence-electron chi connectivity index (χ3n) is 4.19. The molecule has 0 unspecified atom stereocenters. The van der Waals surface area contributed by atoms with Gasteiger partial charge in [-0.3, -0.25) is 9.69 Å². The number of benzene rings is 1. The van der Waals surface area contributed by atoms with Crippen LogP contribution in [0.2, 0.25) is 0 Å². The van der Waals surface area contributed by atoms with Gasteiger partial charge in [0.2, 0.25) is 0 Å². The zero-order valence-corrected chi connectivity index (χ0v) is 14.1. The summed E-state index contributed by atoms with van der Waals surface area (Å²) in [5.74, 6) is 0.118. The summed E-state index contributed by atoms with van der Waals surface area (Å²) in [4.78, 5) is 16.3. The van der Waals surface area contributed by atoms with Crippen molar-refractivity contribution >= 4 is 5.78 Å². The topological polar surface area (TPSA) is 23.6 Å². The summed E-state index contributed by atoms with van der Waals surface area (Å²) in [5, 5.41) is 0. The van der Waals surface area contributed by atoms with Crippen molar-refractivity contribution in [1.29, 1.82) is 0 Å². The highest BCUT2D eigenvalue weighted by Gasteiger charge is 2.12. The van der Waals surface area contributed by atoms with E-state index < -0.39 is 0 Å². The van der Waals surface area contributed by atoms with Crippen molar-refractivity contribution in [2.75, 3.05) is 20.6 Å². The van der Waals surface area contributed by atoms with Gasteiger partial charge in [0.15, 0.2) is 5.78 Å². The van der Waals surface area contributed by atoms with Gasteiger partial charge in [0.1, 0.15) is 0 Å². The smallest absolute Gasteiger partial charge is 0.182 e. The normalized spacial score (nSPS) is 19.5. The summed E-state index contributed by atoms with van der Waals surface area (Å²) in [6.07, 6.45) is 16.7. The first-order valence-electron chi connectivity index (χ1n) is 8.11. The van der Waals surface area contributed by atoms with Crippen molar-refractivity contribution in [3.05, 3.63) is 95.9 Å². The molecule has 0 N–H and O–H groups in total. The molecule has 1 aromatic rings. The minimum atomic E-state index is 0.118. The molecule has 3 nitrogen and oxygen atoms in total. The van der Waals surface area contributed by atoms with Crippen molar-refractivity contribution in [2.24, 2.45) is 0 Å². The van der Waals surface area contributed by atoms with Crippen molar-refractivity contribution in [3.8, 4) is 0 Å². The predicted octanol–water partition coefficient (Wildman–Crippen LogP) is 3.57. The quantitative estimate of drug-likeness (QED) is 0.793. The molecule has 0 bridgehead atoms. The van der Waals surface area contributed by atoms with Crippen LogP contribution in [0.15, 0.2) is 90.3 Å². The molecule has 1 heterocycles. The van der Waals surface area contributed by atoms with Gasteiger partial charge in [0, 0.05) is 24.0 Å². The second kappa shape index (κ2) is 7.28. The number of ketones is 1. The SMILES string of the molecule is CN(C)C1C=CC(=C2C=CN(CC(=O)c3ccccc3)C=C2)C=C1. The van der Waals surface area contributed by atoms with Gasteiger partial charge in [-0.1, -0.05) is 54.6 Å². The van der Waals surface area contributed by atoms with E-state index in [9.17, 15) is 4.79 Å². The van der Waals surface area contributed by atoms with Gasteiger partial charge in [0.05, 0.1) is 6.54 Å². The van der Waals surface area contributed by atoms with Crippen molar-refractivity contribution in [3.63, 3.8) is 0 Å². The van der Waals surface area contributed by atoms with Crippen molar-refractivity contribution in [1.82, 2.24) is 9.80 Å². The molecule has 3 rings (SSSR count). The Bertz CT molecular complexity index is 719. The van der Waals surface area contributed by atoms with Crippen LogP contribution in [0.4, 0.5) is 0 Å². The van der Waals surface area contributed by atoms with Crippen LogP contribution in [0.1, 0.15) is 10.4 Å². The van der Waals surface area contributed by atoms with Crippen LogP contribution >= 0.6 is 0 Å². The van der Waals surface area contributed by atoms with Crippen LogP contribution in [0.25, 0.3) is 0 Å². The van der Waals surface area contributed by atoms with Gasteiger partial charge in [-0.2, -0.15) is 0 Å². The van der Waals surface area contributed by atoms with E-state index in [1.807, 2.05) is 47.6 Å². The fourth-order valence-corrected chi connectivity index (χ4v) is 2.70. The maximum absolute atomic E-state index is 12.2. The molecule has 0 radical (unpaired) electrons. The van der Waals surface area contributed by atoms with Crippen LogP contribution in [0.5, 0.6) is 0 Å². The zero-order valence-electron chi connectivity index (χ0n) is 14.1. The standard InChI is InChI=1S/C21H22N2O/c1-22(2)20-10-8-17(9-11-20)18-12-14-23(15-13-18)16-21(24)19-6-4-3-5-7-19/h3-15,20H,16H2,1-2H3. The fraction of sp³-hybridized carbons (Fsp3) is 0.190. The van der Waals surface area contributed by atoms with Crippen molar-refractivity contribution < 1.29 is 4.79 Å². The van der Waals surface area contributed by atoms with E-state index in [0.717, 1.165) is 11.1 Å². The first-order valence-corrected chi connectivity index (χ1v) is 8.11. The molecule has 0 saturated heterocycles. The molecule has 0 saturated carbocycles. The summed E-state index contributed by atoms with van der Waals surface area (Å²) in [7, 11) is 4.14. The monoisotopic (exact) mass is 318 g/mol. The van der Waals surface area contributed by atoms with Crippen LogP contribution in [-0.2, 0) is 0 Å². The van der Waals surface area contributed by atoms with E-state index in [-0.39, 0.29) is 5.78 Å². The van der Waals surface area contributed by atoms with Crippen LogP contribution in [0, 0.1) is 0 Å². The minimum Gasteiger partial charge on any atom is -0.347 e. The summed E-state index contributed by atoms with van der Waals surface area (Å²) in [6, 6.07) is 9.76. The Morgan fingerprint density at radius 1 is 0.958 bits per heavy atom. The number of nitrogens with zero attached hydrogens (tertiary/aromatic N) is 2. The zero-order chi connectivity index (χ0) is 16.9. The second-order valence-electron chi connectivity index (χ2n) is 6.18. The van der Waals surface area contributed by atoms with Gasteiger partial charge >= 0.3 is 0 Å². The number of carbonyl (C=O) groups excluding carboxylic acids is 1. The largest absolute Gasteiger partial charge is 0.347 e. The lowest BCUT2D eigenvalue weighted by atomic mass is 9.99. The third-order valence-corrected chi connectivity index (χ3v) is 4.19. The molecule has 1 aromatic carbocycles. The molecule has 1 aliphatic carbocycles. The average molecular weight is 318 g/mol. The maximum atomic E-state index is 12.2. The first kappa shape index (κ1) is 16.2. The summed E-state index contributed by atoms with van der Waals surface area (Å²) in [5.41, 5.74) is 3.09. The molecular formula is C21H22N2O. The van der Waals surface area contributed by atoms with Gasteiger partial charge in [-0.25, -0.2) is 0 Å². The Kier molecular flexibility index (Phi) is 4.92. The Balaban J connectivity index is 1.64. The van der Waals surface area contributed by atoms with E-state index in [2.05, 4.69) is 55.5 Å². The summed E-state index contributed by atoms with van der Waals surface area (Å²) in [6.45, 7) is 0.355. The highest BCUT2D eigenvalue weighted by molar-refractivity contribution is 5.97. The molecule has 122 valence electrons. The Hall–Kier alpha value is -2.65. The Morgan fingerprint density at radius 3 is 2.12 bits per heavy atom. The highest BCUT2D eigenvalue weighted by atomic mass is 16.1. The molecular weight excluding hydrogens is 296 g/mol. The van der Waals surface area contributed by atoms with E-state index in [1.54, 1.807) is 0 Å². The fourth-order valence-electron chi connectivity index (χ4n) is 2.70. The number of rotatable bonds is 4. The number of Topliss-reactive ketones (excluding diaryl/α,β-unsaturated/α-hetero) is 1. The van der Waals surface area contributed by atoms with Gasteiger partial charge < -0.3 is 4.90 Å². The Labute approximate surface area is 143 Å². The van der Waals surface area contributed by atoms with Gasteiger partial charge in [0.25, 0.3) is 0 Å². The van der Waals surface area contributed by atoms with Gasteiger partial charge in [-0.05, 0) is 37.4 Å². The van der Waals surface area contributed by atoms with Crippen molar-refractivity contribution in [2.45, 2.75) is 6.04 Å².